The van der Waals surface area contributed by atoms with Crippen LogP contribution < -0.4 is 0 Å². The maximum atomic E-state index is 11.0. The molecule has 1 rings (SSSR count). The van der Waals surface area contributed by atoms with Gasteiger partial charge in [0.2, 0.25) is 0 Å². The Balaban J connectivity index is 3.18. The van der Waals surface area contributed by atoms with E-state index in [1.165, 1.54) is 6.07 Å². The van der Waals surface area contributed by atoms with Crippen LogP contribution in [0.5, 0.6) is 5.75 Å². The fraction of sp³-hybridized carbons (Fsp3) is 0.500. The number of nitrogens with zero attached hydrogens (tertiary/aromatic N) is 1. The molecule has 118 valence electrons. The van der Waals surface area contributed by atoms with Crippen molar-refractivity contribution in [2.24, 2.45) is 0 Å². The van der Waals surface area contributed by atoms with E-state index in [0.29, 0.717) is 5.56 Å². The molecule has 21 heavy (non-hydrogen) atoms. The number of aromatic hydroxyl groups is 1. The van der Waals surface area contributed by atoms with E-state index in [4.69, 9.17) is 9.29 Å². The lowest BCUT2D eigenvalue weighted by molar-refractivity contribution is -0.386. The summed E-state index contributed by atoms with van der Waals surface area (Å²) in [6.07, 6.45) is 0. The first-order valence-corrected chi connectivity index (χ1v) is 7.56. The monoisotopic (exact) mass is 319 g/mol. The summed E-state index contributed by atoms with van der Waals surface area (Å²) in [7, 11) is -4.32. The number of hydrogen-bond donors (Lipinski definition) is 2. The quantitative estimate of drug-likeness (QED) is 0.482. The van der Waals surface area contributed by atoms with Gasteiger partial charge in [-0.15, -0.1) is 0 Å². The highest BCUT2D eigenvalue weighted by Crippen LogP contribution is 2.36. The second-order valence-electron chi connectivity index (χ2n) is 5.55. The summed E-state index contributed by atoms with van der Waals surface area (Å²) >= 11 is 0. The lowest BCUT2D eigenvalue weighted by Crippen LogP contribution is -2.13. The lowest BCUT2D eigenvalue weighted by atomic mass is 9.85. The molecule has 0 radical (unpaired) electrons. The second kappa shape index (κ2) is 5.96. The number of ether oxygens (including phenoxy) is 1. The van der Waals surface area contributed by atoms with Crippen LogP contribution >= 0.6 is 0 Å². The van der Waals surface area contributed by atoms with Crippen molar-refractivity contribution in [1.82, 2.24) is 0 Å². The largest absolute Gasteiger partial charge is 0.507 e. The summed E-state index contributed by atoms with van der Waals surface area (Å²) in [5.74, 6) is -1.18. The van der Waals surface area contributed by atoms with E-state index >= 15 is 0 Å². The normalized spacial score (nSPS) is 12.4. The summed E-state index contributed by atoms with van der Waals surface area (Å²) in [6.45, 7) is 5.07. The molecule has 2 N–H and O–H groups in total. The molecule has 1 aromatic rings. The summed E-state index contributed by atoms with van der Waals surface area (Å²) in [5, 5.41) is 20.8. The maximum absolute atomic E-state index is 11.0. The summed E-state index contributed by atoms with van der Waals surface area (Å²) in [6, 6.07) is 2.41. The molecule has 9 heteroatoms. The third-order valence-corrected chi connectivity index (χ3v) is 3.16. The summed E-state index contributed by atoms with van der Waals surface area (Å²) in [5.41, 5.74) is -0.252. The zero-order chi connectivity index (χ0) is 16.4. The molecule has 1 aromatic carbocycles. The minimum atomic E-state index is -4.32. The van der Waals surface area contributed by atoms with Crippen molar-refractivity contribution in [3.63, 3.8) is 0 Å². The molecule has 0 saturated carbocycles. The molecule has 0 aromatic heterocycles. The molecular weight excluding hydrogens is 302 g/mol. The van der Waals surface area contributed by atoms with E-state index in [9.17, 15) is 23.6 Å². The van der Waals surface area contributed by atoms with Gasteiger partial charge in [-0.3, -0.25) is 14.7 Å². The molecule has 0 unspecified atom stereocenters. The average Bonchev–Trinajstić information content (AvgIpc) is 2.27. The molecular formula is C12H17NO7S. The number of rotatable bonds is 5. The SMILES string of the molecule is CC(C)(C)c1cc(COCS(=O)(=O)O)c([N+](=O)[O-])cc1O. The van der Waals surface area contributed by atoms with Gasteiger partial charge in [0, 0.05) is 5.56 Å². The van der Waals surface area contributed by atoms with Crippen LogP contribution in [0.3, 0.4) is 0 Å². The number of phenolic OH excluding ortho intramolecular Hbond substituents is 1. The Morgan fingerprint density at radius 3 is 2.33 bits per heavy atom. The number of benzene rings is 1. The molecule has 0 spiro atoms. The van der Waals surface area contributed by atoms with Gasteiger partial charge < -0.3 is 9.84 Å². The van der Waals surface area contributed by atoms with E-state index < -0.39 is 26.4 Å². The van der Waals surface area contributed by atoms with E-state index in [1.807, 2.05) is 20.8 Å². The molecule has 0 bridgehead atoms. The predicted octanol–water partition coefficient (Wildman–Crippen LogP) is 1.96. The zero-order valence-corrected chi connectivity index (χ0v) is 12.7. The van der Waals surface area contributed by atoms with E-state index in [1.54, 1.807) is 0 Å². The number of nitro groups is 1. The first-order valence-electron chi connectivity index (χ1n) is 5.95. The van der Waals surface area contributed by atoms with Crippen LogP contribution in [0.4, 0.5) is 5.69 Å². The Bertz CT molecular complexity index is 646. The van der Waals surface area contributed by atoms with Gasteiger partial charge in [0.25, 0.3) is 15.8 Å². The molecule has 0 heterocycles. The first-order chi connectivity index (χ1) is 9.42. The van der Waals surface area contributed by atoms with E-state index in [0.717, 1.165) is 6.07 Å². The van der Waals surface area contributed by atoms with Gasteiger partial charge in [0.1, 0.15) is 5.75 Å². The smallest absolute Gasteiger partial charge is 0.289 e. The van der Waals surface area contributed by atoms with Crippen molar-refractivity contribution >= 4 is 15.8 Å². The standard InChI is InChI=1S/C12H17NO7S/c1-12(2,3)9-4-8(6-20-7-21(17,18)19)10(13(15)16)5-11(9)14/h4-5,14H,6-7H2,1-3H3,(H,17,18,19). The van der Waals surface area contributed by atoms with Crippen LogP contribution in [0.1, 0.15) is 31.9 Å². The second-order valence-corrected chi connectivity index (χ2v) is 6.95. The minimum absolute atomic E-state index is 0.117. The van der Waals surface area contributed by atoms with Crippen molar-refractivity contribution in [2.75, 3.05) is 5.94 Å². The molecule has 0 saturated heterocycles. The Morgan fingerprint density at radius 1 is 1.33 bits per heavy atom. The third kappa shape index (κ3) is 4.96. The highest BCUT2D eigenvalue weighted by molar-refractivity contribution is 7.85. The van der Waals surface area contributed by atoms with Crippen molar-refractivity contribution in [3.8, 4) is 5.75 Å². The maximum Gasteiger partial charge on any atom is 0.289 e. The van der Waals surface area contributed by atoms with Gasteiger partial charge in [-0.05, 0) is 11.5 Å². The van der Waals surface area contributed by atoms with E-state index in [-0.39, 0.29) is 23.6 Å². The van der Waals surface area contributed by atoms with Crippen molar-refractivity contribution in [2.45, 2.75) is 32.8 Å². The first kappa shape index (κ1) is 17.3. The summed E-state index contributed by atoms with van der Waals surface area (Å²) in [4.78, 5) is 10.3. The fourth-order valence-corrected chi connectivity index (χ4v) is 2.06. The molecule has 8 nitrogen and oxygen atoms in total. The topological polar surface area (TPSA) is 127 Å². The van der Waals surface area contributed by atoms with Gasteiger partial charge in [-0.2, -0.15) is 8.42 Å². The Hall–Kier alpha value is -1.71. The summed E-state index contributed by atoms with van der Waals surface area (Å²) < 4.78 is 34.5. The number of phenols is 1. The van der Waals surface area contributed by atoms with Crippen molar-refractivity contribution < 1.29 is 27.7 Å². The highest BCUT2D eigenvalue weighted by Gasteiger charge is 2.24. The molecule has 0 aliphatic rings. The molecule has 0 atom stereocenters. The Labute approximate surface area is 122 Å². The molecule has 0 aliphatic carbocycles. The Kier molecular flexibility index (Phi) is 4.92. The van der Waals surface area contributed by atoms with Crippen LogP contribution in [0.15, 0.2) is 12.1 Å². The third-order valence-electron chi connectivity index (χ3n) is 2.69. The minimum Gasteiger partial charge on any atom is -0.507 e. The molecule has 0 fully saturated rings. The van der Waals surface area contributed by atoms with Crippen molar-refractivity contribution in [3.05, 3.63) is 33.4 Å². The predicted molar refractivity (Wildman–Crippen MR) is 74.7 cm³/mol. The van der Waals surface area contributed by atoms with Crippen LogP contribution in [-0.2, 0) is 26.9 Å². The fourth-order valence-electron chi connectivity index (χ4n) is 1.77. The van der Waals surface area contributed by atoms with Gasteiger partial charge >= 0.3 is 0 Å². The van der Waals surface area contributed by atoms with Crippen molar-refractivity contribution in [1.29, 1.82) is 0 Å². The number of nitro benzene ring substituents is 1. The number of hydrogen-bond acceptors (Lipinski definition) is 6. The van der Waals surface area contributed by atoms with Crippen LogP contribution in [0.2, 0.25) is 0 Å². The highest BCUT2D eigenvalue weighted by atomic mass is 32.2. The zero-order valence-electron chi connectivity index (χ0n) is 11.9. The van der Waals surface area contributed by atoms with Gasteiger partial charge in [-0.25, -0.2) is 0 Å². The van der Waals surface area contributed by atoms with Gasteiger partial charge in [-0.1, -0.05) is 20.8 Å². The average molecular weight is 319 g/mol. The van der Waals surface area contributed by atoms with Gasteiger partial charge in [0.05, 0.1) is 23.2 Å². The van der Waals surface area contributed by atoms with Crippen LogP contribution in [-0.4, -0.2) is 28.9 Å². The van der Waals surface area contributed by atoms with E-state index in [2.05, 4.69) is 0 Å². The lowest BCUT2D eigenvalue weighted by Gasteiger charge is -2.21. The van der Waals surface area contributed by atoms with Crippen LogP contribution in [0, 0.1) is 10.1 Å². The molecule has 0 aliphatic heterocycles. The van der Waals surface area contributed by atoms with Gasteiger partial charge in [0.15, 0.2) is 5.94 Å². The Morgan fingerprint density at radius 2 is 1.90 bits per heavy atom. The molecule has 0 amide bonds. The van der Waals surface area contributed by atoms with Crippen LogP contribution in [0.25, 0.3) is 0 Å².